The van der Waals surface area contributed by atoms with Crippen LogP contribution in [-0.2, 0) is 4.79 Å². The van der Waals surface area contributed by atoms with Gasteiger partial charge in [0.15, 0.2) is 17.5 Å². The Morgan fingerprint density at radius 1 is 1.05 bits per heavy atom. The van der Waals surface area contributed by atoms with Gasteiger partial charge in [-0.1, -0.05) is 15.9 Å². The van der Waals surface area contributed by atoms with Crippen molar-refractivity contribution in [1.82, 2.24) is 0 Å². The Labute approximate surface area is 133 Å². The molecule has 0 aliphatic rings. The first-order chi connectivity index (χ1) is 10.4. The molecule has 2 aromatic carbocycles. The SMILES string of the molecule is C[C@H](Nc1ccc(Br)cc1)C(=O)Nc1ccc(F)c(F)c1F. The van der Waals surface area contributed by atoms with Crippen molar-refractivity contribution < 1.29 is 18.0 Å². The van der Waals surface area contributed by atoms with Gasteiger partial charge in [0, 0.05) is 10.2 Å². The van der Waals surface area contributed by atoms with Crippen molar-refractivity contribution in [3.05, 3.63) is 58.3 Å². The van der Waals surface area contributed by atoms with Crippen molar-refractivity contribution in [3.63, 3.8) is 0 Å². The monoisotopic (exact) mass is 372 g/mol. The number of carbonyl (C=O) groups is 1. The van der Waals surface area contributed by atoms with Crippen LogP contribution >= 0.6 is 15.9 Å². The van der Waals surface area contributed by atoms with E-state index in [1.165, 1.54) is 0 Å². The maximum absolute atomic E-state index is 13.5. The van der Waals surface area contributed by atoms with Crippen LogP contribution in [0.1, 0.15) is 6.92 Å². The predicted molar refractivity (Wildman–Crippen MR) is 82.2 cm³/mol. The van der Waals surface area contributed by atoms with Gasteiger partial charge in [0.05, 0.1) is 5.69 Å². The quantitative estimate of drug-likeness (QED) is 0.785. The Morgan fingerprint density at radius 2 is 1.68 bits per heavy atom. The Kier molecular flexibility index (Phi) is 5.07. The highest BCUT2D eigenvalue weighted by molar-refractivity contribution is 9.10. The van der Waals surface area contributed by atoms with Crippen LogP contribution in [0.15, 0.2) is 40.9 Å². The molecule has 2 N–H and O–H groups in total. The molecule has 7 heteroatoms. The third kappa shape index (κ3) is 3.79. The molecule has 0 radical (unpaired) electrons. The smallest absolute Gasteiger partial charge is 0.246 e. The largest absolute Gasteiger partial charge is 0.374 e. The molecule has 3 nitrogen and oxygen atoms in total. The molecule has 0 saturated heterocycles. The Balaban J connectivity index is 2.05. The minimum Gasteiger partial charge on any atom is -0.374 e. The molecule has 1 amide bonds. The van der Waals surface area contributed by atoms with Crippen LogP contribution in [0.5, 0.6) is 0 Å². The first-order valence-corrected chi connectivity index (χ1v) is 7.14. The van der Waals surface area contributed by atoms with Gasteiger partial charge >= 0.3 is 0 Å². The molecule has 0 aromatic heterocycles. The second-order valence-corrected chi connectivity index (χ2v) is 5.50. The number of benzene rings is 2. The highest BCUT2D eigenvalue weighted by atomic mass is 79.9. The average Bonchev–Trinajstić information content (AvgIpc) is 2.50. The van der Waals surface area contributed by atoms with Crippen molar-refractivity contribution in [1.29, 1.82) is 0 Å². The van der Waals surface area contributed by atoms with Crippen molar-refractivity contribution in [2.45, 2.75) is 13.0 Å². The molecule has 0 aliphatic heterocycles. The van der Waals surface area contributed by atoms with Gasteiger partial charge in [0.1, 0.15) is 6.04 Å². The summed E-state index contributed by atoms with van der Waals surface area (Å²) in [7, 11) is 0. The zero-order valence-corrected chi connectivity index (χ0v) is 13.0. The lowest BCUT2D eigenvalue weighted by molar-refractivity contribution is -0.116. The fourth-order valence-electron chi connectivity index (χ4n) is 1.73. The molecule has 0 spiro atoms. The first-order valence-electron chi connectivity index (χ1n) is 6.35. The van der Waals surface area contributed by atoms with Gasteiger partial charge in [-0.3, -0.25) is 4.79 Å². The lowest BCUT2D eigenvalue weighted by atomic mass is 10.2. The van der Waals surface area contributed by atoms with Crippen LogP contribution in [0.25, 0.3) is 0 Å². The van der Waals surface area contributed by atoms with E-state index in [9.17, 15) is 18.0 Å². The Bertz CT molecular complexity index is 692. The van der Waals surface area contributed by atoms with Crippen LogP contribution in [0.2, 0.25) is 0 Å². The second-order valence-electron chi connectivity index (χ2n) is 4.59. The van der Waals surface area contributed by atoms with Crippen LogP contribution in [0, 0.1) is 17.5 Å². The van der Waals surface area contributed by atoms with Gasteiger partial charge < -0.3 is 10.6 Å². The average molecular weight is 373 g/mol. The highest BCUT2D eigenvalue weighted by Crippen LogP contribution is 2.20. The molecule has 0 fully saturated rings. The molecule has 2 rings (SSSR count). The summed E-state index contributed by atoms with van der Waals surface area (Å²) in [6.45, 7) is 1.56. The summed E-state index contributed by atoms with van der Waals surface area (Å²) in [6, 6.07) is 8.12. The number of hydrogen-bond donors (Lipinski definition) is 2. The second kappa shape index (κ2) is 6.83. The summed E-state index contributed by atoms with van der Waals surface area (Å²) >= 11 is 3.29. The van der Waals surface area contributed by atoms with E-state index in [1.54, 1.807) is 31.2 Å². The van der Waals surface area contributed by atoms with Crippen LogP contribution in [0.4, 0.5) is 24.5 Å². The van der Waals surface area contributed by atoms with Gasteiger partial charge in [-0.15, -0.1) is 0 Å². The third-order valence-corrected chi connectivity index (χ3v) is 3.44. The normalized spacial score (nSPS) is 11.9. The van der Waals surface area contributed by atoms with Crippen molar-refractivity contribution >= 4 is 33.2 Å². The fourth-order valence-corrected chi connectivity index (χ4v) is 1.99. The third-order valence-electron chi connectivity index (χ3n) is 2.91. The summed E-state index contributed by atoms with van der Waals surface area (Å²) in [5.74, 6) is -4.93. The van der Waals surface area contributed by atoms with E-state index < -0.39 is 35.1 Å². The molecular formula is C15H12BrF3N2O. The maximum atomic E-state index is 13.5. The van der Waals surface area contributed by atoms with Crippen molar-refractivity contribution in [3.8, 4) is 0 Å². The van der Waals surface area contributed by atoms with Gasteiger partial charge in [0.2, 0.25) is 5.91 Å². The number of hydrogen-bond acceptors (Lipinski definition) is 2. The number of nitrogens with one attached hydrogen (secondary N) is 2. The van der Waals surface area contributed by atoms with Gasteiger partial charge in [-0.25, -0.2) is 13.2 Å². The molecule has 0 bridgehead atoms. The van der Waals surface area contributed by atoms with Crippen LogP contribution in [0.3, 0.4) is 0 Å². The van der Waals surface area contributed by atoms with Crippen molar-refractivity contribution in [2.75, 3.05) is 10.6 Å². The number of anilines is 2. The minimum atomic E-state index is -1.62. The van der Waals surface area contributed by atoms with E-state index in [-0.39, 0.29) is 0 Å². The fraction of sp³-hybridized carbons (Fsp3) is 0.133. The van der Waals surface area contributed by atoms with E-state index in [4.69, 9.17) is 0 Å². The molecule has 0 heterocycles. The number of amides is 1. The zero-order chi connectivity index (χ0) is 16.3. The molecular weight excluding hydrogens is 361 g/mol. The zero-order valence-electron chi connectivity index (χ0n) is 11.5. The van der Waals surface area contributed by atoms with Crippen LogP contribution in [-0.4, -0.2) is 11.9 Å². The maximum Gasteiger partial charge on any atom is 0.246 e. The summed E-state index contributed by atoms with van der Waals surface area (Å²) < 4.78 is 40.3. The lowest BCUT2D eigenvalue weighted by Crippen LogP contribution is -2.32. The molecule has 0 unspecified atom stereocenters. The van der Waals surface area contributed by atoms with E-state index in [1.807, 2.05) is 0 Å². The topological polar surface area (TPSA) is 41.1 Å². The van der Waals surface area contributed by atoms with Crippen molar-refractivity contribution in [2.24, 2.45) is 0 Å². The van der Waals surface area contributed by atoms with E-state index in [2.05, 4.69) is 26.6 Å². The Morgan fingerprint density at radius 3 is 2.32 bits per heavy atom. The minimum absolute atomic E-state index is 0.409. The molecule has 116 valence electrons. The molecule has 0 saturated carbocycles. The summed E-state index contributed by atoms with van der Waals surface area (Å²) in [5.41, 5.74) is 0.282. The number of rotatable bonds is 4. The summed E-state index contributed by atoms with van der Waals surface area (Å²) in [6.07, 6.45) is 0. The number of carbonyl (C=O) groups excluding carboxylic acids is 1. The molecule has 0 aliphatic carbocycles. The predicted octanol–water partition coefficient (Wildman–Crippen LogP) is 4.31. The van der Waals surface area contributed by atoms with E-state index >= 15 is 0 Å². The molecule has 1 atom stereocenters. The van der Waals surface area contributed by atoms with Gasteiger partial charge in [-0.05, 0) is 43.3 Å². The molecule has 22 heavy (non-hydrogen) atoms. The van der Waals surface area contributed by atoms with E-state index in [0.717, 1.165) is 16.6 Å². The van der Waals surface area contributed by atoms with E-state index in [0.29, 0.717) is 5.69 Å². The van der Waals surface area contributed by atoms with Crippen LogP contribution < -0.4 is 10.6 Å². The highest BCUT2D eigenvalue weighted by Gasteiger charge is 2.18. The Hall–Kier alpha value is -2.02. The number of halogens is 4. The summed E-state index contributed by atoms with van der Waals surface area (Å²) in [5, 5.41) is 5.13. The molecule has 2 aromatic rings. The standard InChI is InChI=1S/C15H12BrF3N2O/c1-8(20-10-4-2-9(16)3-5-10)15(22)21-12-7-6-11(17)13(18)14(12)19/h2-8,20H,1H3,(H,21,22)/t8-/m0/s1. The first kappa shape index (κ1) is 16.4. The lowest BCUT2D eigenvalue weighted by Gasteiger charge is -2.16. The van der Waals surface area contributed by atoms with Gasteiger partial charge in [0.25, 0.3) is 0 Å². The van der Waals surface area contributed by atoms with Gasteiger partial charge in [-0.2, -0.15) is 0 Å². The summed E-state index contributed by atoms with van der Waals surface area (Å²) in [4.78, 5) is 12.0.